The maximum absolute atomic E-state index is 12.4. The SMILES string of the molecule is O=C(NC1CCN(C(=O)c2ccccn2)C1)c1cc2ccccc2o1. The molecule has 1 saturated heterocycles. The van der Waals surface area contributed by atoms with Crippen LogP contribution in [0.5, 0.6) is 0 Å². The Hall–Kier alpha value is -3.15. The number of fused-ring (bicyclic) bond motifs is 1. The smallest absolute Gasteiger partial charge is 0.287 e. The summed E-state index contributed by atoms with van der Waals surface area (Å²) in [5.41, 5.74) is 1.11. The third kappa shape index (κ3) is 3.10. The highest BCUT2D eigenvalue weighted by Crippen LogP contribution is 2.19. The van der Waals surface area contributed by atoms with Gasteiger partial charge in [-0.3, -0.25) is 14.6 Å². The van der Waals surface area contributed by atoms with E-state index in [1.807, 2.05) is 24.3 Å². The van der Waals surface area contributed by atoms with E-state index in [1.165, 1.54) is 0 Å². The number of carbonyl (C=O) groups excluding carboxylic acids is 2. The van der Waals surface area contributed by atoms with E-state index in [4.69, 9.17) is 4.42 Å². The van der Waals surface area contributed by atoms with Crippen molar-refractivity contribution in [1.82, 2.24) is 15.2 Å². The zero-order valence-corrected chi connectivity index (χ0v) is 13.5. The van der Waals surface area contributed by atoms with Crippen molar-refractivity contribution in [1.29, 1.82) is 0 Å². The molecule has 1 unspecified atom stereocenters. The molecule has 1 N–H and O–H groups in total. The molecule has 1 aromatic carbocycles. The second-order valence-corrected chi connectivity index (χ2v) is 6.07. The summed E-state index contributed by atoms with van der Waals surface area (Å²) in [6.07, 6.45) is 2.31. The number of hydrogen-bond acceptors (Lipinski definition) is 4. The van der Waals surface area contributed by atoms with Crippen molar-refractivity contribution in [2.45, 2.75) is 12.5 Å². The van der Waals surface area contributed by atoms with Crippen LogP contribution in [-0.4, -0.2) is 40.8 Å². The fraction of sp³-hybridized carbons (Fsp3) is 0.211. The first kappa shape index (κ1) is 15.4. The number of amides is 2. The van der Waals surface area contributed by atoms with Crippen LogP contribution in [0.1, 0.15) is 27.5 Å². The van der Waals surface area contributed by atoms with Crippen molar-refractivity contribution < 1.29 is 14.0 Å². The van der Waals surface area contributed by atoms with Crippen LogP contribution in [0.3, 0.4) is 0 Å². The van der Waals surface area contributed by atoms with E-state index in [1.54, 1.807) is 35.4 Å². The first-order valence-corrected chi connectivity index (χ1v) is 8.20. The first-order chi connectivity index (χ1) is 12.2. The molecule has 3 heterocycles. The van der Waals surface area contributed by atoms with Crippen LogP contribution in [0.25, 0.3) is 11.0 Å². The summed E-state index contributed by atoms with van der Waals surface area (Å²) in [7, 11) is 0. The van der Waals surface area contributed by atoms with Crippen LogP contribution in [0, 0.1) is 0 Å². The minimum atomic E-state index is -0.256. The maximum atomic E-state index is 12.4. The van der Waals surface area contributed by atoms with Crippen molar-refractivity contribution in [2.75, 3.05) is 13.1 Å². The molecule has 0 bridgehead atoms. The first-order valence-electron chi connectivity index (χ1n) is 8.20. The number of likely N-dealkylation sites (tertiary alicyclic amines) is 1. The van der Waals surface area contributed by atoms with Crippen molar-refractivity contribution in [3.63, 3.8) is 0 Å². The molecule has 4 rings (SSSR count). The van der Waals surface area contributed by atoms with Crippen molar-refractivity contribution in [3.8, 4) is 0 Å². The topological polar surface area (TPSA) is 75.4 Å². The van der Waals surface area contributed by atoms with E-state index in [0.717, 1.165) is 5.39 Å². The lowest BCUT2D eigenvalue weighted by atomic mass is 10.2. The summed E-state index contributed by atoms with van der Waals surface area (Å²) in [6.45, 7) is 1.07. The Morgan fingerprint density at radius 1 is 1.16 bits per heavy atom. The second kappa shape index (κ2) is 6.39. The van der Waals surface area contributed by atoms with Gasteiger partial charge in [0.25, 0.3) is 11.8 Å². The summed E-state index contributed by atoms with van der Waals surface area (Å²) in [5.74, 6) is -0.0786. The third-order valence-corrected chi connectivity index (χ3v) is 4.34. The Morgan fingerprint density at radius 2 is 2.00 bits per heavy atom. The molecule has 0 aliphatic carbocycles. The van der Waals surface area contributed by atoms with Gasteiger partial charge in [0.2, 0.25) is 0 Å². The van der Waals surface area contributed by atoms with E-state index in [2.05, 4.69) is 10.3 Å². The molecule has 2 aromatic heterocycles. The molecule has 1 atom stereocenters. The lowest BCUT2D eigenvalue weighted by molar-refractivity contribution is 0.0776. The fourth-order valence-electron chi connectivity index (χ4n) is 3.06. The zero-order chi connectivity index (χ0) is 17.2. The van der Waals surface area contributed by atoms with E-state index in [9.17, 15) is 9.59 Å². The Balaban J connectivity index is 1.40. The van der Waals surface area contributed by atoms with Gasteiger partial charge >= 0.3 is 0 Å². The van der Waals surface area contributed by atoms with Gasteiger partial charge < -0.3 is 14.6 Å². The van der Waals surface area contributed by atoms with E-state index < -0.39 is 0 Å². The van der Waals surface area contributed by atoms with Crippen LogP contribution >= 0.6 is 0 Å². The molecular formula is C19H17N3O3. The minimum Gasteiger partial charge on any atom is -0.451 e. The quantitative estimate of drug-likeness (QED) is 0.798. The number of rotatable bonds is 3. The predicted molar refractivity (Wildman–Crippen MR) is 92.2 cm³/mol. The Kier molecular flexibility index (Phi) is 3.93. The summed E-state index contributed by atoms with van der Waals surface area (Å²) >= 11 is 0. The number of benzene rings is 1. The highest BCUT2D eigenvalue weighted by molar-refractivity contribution is 5.96. The molecule has 1 aliphatic heterocycles. The number of aromatic nitrogens is 1. The van der Waals surface area contributed by atoms with Gasteiger partial charge in [0.1, 0.15) is 11.3 Å². The van der Waals surface area contributed by atoms with Crippen LogP contribution in [0.15, 0.2) is 59.1 Å². The Labute approximate surface area is 144 Å². The summed E-state index contributed by atoms with van der Waals surface area (Å²) in [4.78, 5) is 30.6. The number of para-hydroxylation sites is 1. The van der Waals surface area contributed by atoms with Gasteiger partial charge in [-0.1, -0.05) is 24.3 Å². The van der Waals surface area contributed by atoms with E-state index in [-0.39, 0.29) is 23.6 Å². The molecule has 6 nitrogen and oxygen atoms in total. The van der Waals surface area contributed by atoms with Gasteiger partial charge in [0.15, 0.2) is 5.76 Å². The van der Waals surface area contributed by atoms with E-state index in [0.29, 0.717) is 30.8 Å². The molecule has 1 aliphatic rings. The normalized spacial score (nSPS) is 17.0. The molecule has 25 heavy (non-hydrogen) atoms. The van der Waals surface area contributed by atoms with Gasteiger partial charge in [-0.15, -0.1) is 0 Å². The number of hydrogen-bond donors (Lipinski definition) is 1. The Bertz CT molecular complexity index is 887. The highest BCUT2D eigenvalue weighted by atomic mass is 16.3. The number of nitrogens with zero attached hydrogens (tertiary/aromatic N) is 2. The molecule has 3 aromatic rings. The van der Waals surface area contributed by atoms with Crippen LogP contribution < -0.4 is 5.32 Å². The van der Waals surface area contributed by atoms with Gasteiger partial charge in [-0.2, -0.15) is 0 Å². The molecule has 0 radical (unpaired) electrons. The number of furan rings is 1. The molecule has 0 spiro atoms. The summed E-state index contributed by atoms with van der Waals surface area (Å²) in [5, 5.41) is 3.84. The van der Waals surface area contributed by atoms with Gasteiger partial charge in [0.05, 0.1) is 0 Å². The molecule has 6 heteroatoms. The largest absolute Gasteiger partial charge is 0.451 e. The monoisotopic (exact) mass is 335 g/mol. The zero-order valence-electron chi connectivity index (χ0n) is 13.5. The number of pyridine rings is 1. The lowest BCUT2D eigenvalue weighted by Gasteiger charge is -2.16. The lowest BCUT2D eigenvalue weighted by Crippen LogP contribution is -2.38. The average Bonchev–Trinajstić information content (AvgIpc) is 3.28. The Morgan fingerprint density at radius 3 is 2.80 bits per heavy atom. The fourth-order valence-corrected chi connectivity index (χ4v) is 3.06. The van der Waals surface area contributed by atoms with Crippen molar-refractivity contribution >= 4 is 22.8 Å². The third-order valence-electron chi connectivity index (χ3n) is 4.34. The van der Waals surface area contributed by atoms with Gasteiger partial charge in [-0.25, -0.2) is 0 Å². The second-order valence-electron chi connectivity index (χ2n) is 6.07. The molecule has 1 fully saturated rings. The van der Waals surface area contributed by atoms with Gasteiger partial charge in [0, 0.05) is 30.7 Å². The summed E-state index contributed by atoms with van der Waals surface area (Å²) in [6, 6.07) is 14.4. The van der Waals surface area contributed by atoms with Crippen LogP contribution in [-0.2, 0) is 0 Å². The number of nitrogens with one attached hydrogen (secondary N) is 1. The minimum absolute atomic E-state index is 0.0895. The van der Waals surface area contributed by atoms with Crippen molar-refractivity contribution in [2.24, 2.45) is 0 Å². The standard InChI is InChI=1S/C19H17N3O3/c23-18(17-11-13-5-1-2-7-16(13)25-17)21-14-8-10-22(12-14)19(24)15-6-3-4-9-20-15/h1-7,9,11,14H,8,10,12H2,(H,21,23). The predicted octanol–water partition coefficient (Wildman–Crippen LogP) is 2.47. The molecular weight excluding hydrogens is 318 g/mol. The number of carbonyl (C=O) groups is 2. The summed E-state index contributed by atoms with van der Waals surface area (Å²) < 4.78 is 5.58. The van der Waals surface area contributed by atoms with Crippen LogP contribution in [0.2, 0.25) is 0 Å². The maximum Gasteiger partial charge on any atom is 0.287 e. The van der Waals surface area contributed by atoms with Crippen molar-refractivity contribution in [3.05, 3.63) is 66.2 Å². The highest BCUT2D eigenvalue weighted by Gasteiger charge is 2.29. The van der Waals surface area contributed by atoms with Gasteiger partial charge in [-0.05, 0) is 30.7 Å². The average molecular weight is 335 g/mol. The molecule has 0 saturated carbocycles. The van der Waals surface area contributed by atoms with Crippen LogP contribution in [0.4, 0.5) is 0 Å². The molecule has 126 valence electrons. The van der Waals surface area contributed by atoms with E-state index >= 15 is 0 Å². The molecule has 2 amide bonds.